The highest BCUT2D eigenvalue weighted by molar-refractivity contribution is 6.03. The second-order valence-electron chi connectivity index (χ2n) is 5.94. The molecule has 1 N–H and O–H groups in total. The van der Waals surface area contributed by atoms with E-state index in [-0.39, 0.29) is 5.91 Å². The van der Waals surface area contributed by atoms with Gasteiger partial charge in [0.25, 0.3) is 5.91 Å². The van der Waals surface area contributed by atoms with Gasteiger partial charge < -0.3 is 5.32 Å². The van der Waals surface area contributed by atoms with Crippen molar-refractivity contribution < 1.29 is 4.79 Å². The zero-order valence-corrected chi connectivity index (χ0v) is 13.2. The summed E-state index contributed by atoms with van der Waals surface area (Å²) in [5, 5.41) is 11.4. The van der Waals surface area contributed by atoms with E-state index in [2.05, 4.69) is 20.5 Å². The van der Waals surface area contributed by atoms with Crippen LogP contribution >= 0.6 is 0 Å². The molecule has 1 aliphatic rings. The van der Waals surface area contributed by atoms with Crippen LogP contribution in [0.5, 0.6) is 0 Å². The first-order valence-electron chi connectivity index (χ1n) is 8.11. The van der Waals surface area contributed by atoms with E-state index in [1.54, 1.807) is 29.3 Å². The quantitative estimate of drug-likeness (QED) is 0.801. The van der Waals surface area contributed by atoms with Gasteiger partial charge in [-0.15, -0.1) is 0 Å². The number of benzene rings is 1. The number of hydrogen-bond acceptors (Lipinski definition) is 4. The number of amides is 1. The Balaban J connectivity index is 1.49. The van der Waals surface area contributed by atoms with Crippen molar-refractivity contribution in [2.24, 2.45) is 0 Å². The maximum atomic E-state index is 12.5. The second-order valence-corrected chi connectivity index (χ2v) is 5.94. The molecular formula is C17H18N6O. The van der Waals surface area contributed by atoms with E-state index in [1.807, 2.05) is 22.9 Å². The molecule has 0 saturated heterocycles. The average molecular weight is 322 g/mol. The van der Waals surface area contributed by atoms with Crippen molar-refractivity contribution in [3.63, 3.8) is 0 Å². The van der Waals surface area contributed by atoms with E-state index in [9.17, 15) is 4.79 Å². The molecule has 122 valence electrons. The fourth-order valence-corrected chi connectivity index (χ4v) is 3.15. The van der Waals surface area contributed by atoms with Gasteiger partial charge in [-0.05, 0) is 37.1 Å². The van der Waals surface area contributed by atoms with Crippen LogP contribution in [0, 0.1) is 0 Å². The van der Waals surface area contributed by atoms with Gasteiger partial charge in [0, 0.05) is 11.6 Å². The van der Waals surface area contributed by atoms with Crippen molar-refractivity contribution in [1.82, 2.24) is 24.5 Å². The summed E-state index contributed by atoms with van der Waals surface area (Å²) in [6.45, 7) is 0. The Kier molecular flexibility index (Phi) is 3.82. The number of nitrogens with one attached hydrogen (secondary N) is 1. The van der Waals surface area contributed by atoms with E-state index >= 15 is 0 Å². The molecule has 3 aromatic rings. The first kappa shape index (κ1) is 14.6. The zero-order valence-electron chi connectivity index (χ0n) is 13.2. The maximum Gasteiger partial charge on any atom is 0.256 e. The molecule has 0 spiro atoms. The summed E-state index contributed by atoms with van der Waals surface area (Å²) >= 11 is 0. The molecule has 4 rings (SSSR count). The molecule has 1 fully saturated rings. The Hall–Kier alpha value is -2.96. The standard InChI is InChI=1S/C17H18N6O/c24-17(13-5-7-14(8-6-13)22-12-18-11-20-22)21-16-9-10-19-23(16)15-3-1-2-4-15/h5-12,15H,1-4H2,(H,21,24). The van der Waals surface area contributed by atoms with E-state index in [1.165, 1.54) is 19.2 Å². The highest BCUT2D eigenvalue weighted by Crippen LogP contribution is 2.31. The van der Waals surface area contributed by atoms with Gasteiger partial charge in [0.05, 0.1) is 17.9 Å². The summed E-state index contributed by atoms with van der Waals surface area (Å²) in [5.74, 6) is 0.618. The van der Waals surface area contributed by atoms with Crippen molar-refractivity contribution in [3.05, 3.63) is 54.7 Å². The molecule has 7 heteroatoms. The van der Waals surface area contributed by atoms with Crippen LogP contribution in [0.1, 0.15) is 42.1 Å². The van der Waals surface area contributed by atoms with Crippen molar-refractivity contribution in [2.45, 2.75) is 31.7 Å². The summed E-state index contributed by atoms with van der Waals surface area (Å²) < 4.78 is 3.59. The predicted octanol–water partition coefficient (Wildman–Crippen LogP) is 2.83. The third kappa shape index (κ3) is 2.80. The van der Waals surface area contributed by atoms with Gasteiger partial charge in [-0.25, -0.2) is 14.3 Å². The normalized spacial score (nSPS) is 14.8. The molecule has 2 aromatic heterocycles. The van der Waals surface area contributed by atoms with Crippen LogP contribution in [-0.2, 0) is 0 Å². The van der Waals surface area contributed by atoms with Gasteiger partial charge in [-0.2, -0.15) is 10.2 Å². The molecule has 0 aliphatic heterocycles. The van der Waals surface area contributed by atoms with Crippen LogP contribution in [0.15, 0.2) is 49.2 Å². The summed E-state index contributed by atoms with van der Waals surface area (Å²) in [5.41, 5.74) is 1.46. The molecule has 0 atom stereocenters. The molecule has 7 nitrogen and oxygen atoms in total. The Labute approximate surface area is 139 Å². The number of rotatable bonds is 4. The molecule has 1 amide bonds. The summed E-state index contributed by atoms with van der Waals surface area (Å²) in [6.07, 6.45) is 9.53. The van der Waals surface area contributed by atoms with Gasteiger partial charge in [0.1, 0.15) is 18.5 Å². The van der Waals surface area contributed by atoms with Gasteiger partial charge in [-0.1, -0.05) is 12.8 Å². The first-order chi connectivity index (χ1) is 11.8. The van der Waals surface area contributed by atoms with Crippen molar-refractivity contribution in [3.8, 4) is 5.69 Å². The summed E-state index contributed by atoms with van der Waals surface area (Å²) in [4.78, 5) is 16.4. The Morgan fingerprint density at radius 3 is 2.58 bits per heavy atom. The second kappa shape index (κ2) is 6.27. The van der Waals surface area contributed by atoms with Crippen LogP contribution in [0.2, 0.25) is 0 Å². The van der Waals surface area contributed by atoms with E-state index in [0.29, 0.717) is 11.6 Å². The monoisotopic (exact) mass is 322 g/mol. The van der Waals surface area contributed by atoms with Crippen LogP contribution in [0.3, 0.4) is 0 Å². The molecule has 1 aliphatic carbocycles. The maximum absolute atomic E-state index is 12.5. The van der Waals surface area contributed by atoms with E-state index in [4.69, 9.17) is 0 Å². The van der Waals surface area contributed by atoms with Crippen LogP contribution in [-0.4, -0.2) is 30.5 Å². The van der Waals surface area contributed by atoms with Crippen molar-refractivity contribution in [2.75, 3.05) is 5.32 Å². The fraction of sp³-hybridized carbons (Fsp3) is 0.294. The molecule has 1 saturated carbocycles. The lowest BCUT2D eigenvalue weighted by atomic mass is 10.2. The zero-order chi connectivity index (χ0) is 16.4. The number of carbonyl (C=O) groups excluding carboxylic acids is 1. The Morgan fingerprint density at radius 2 is 1.88 bits per heavy atom. The third-order valence-electron chi connectivity index (χ3n) is 4.40. The minimum Gasteiger partial charge on any atom is -0.307 e. The van der Waals surface area contributed by atoms with Gasteiger partial charge in [0.15, 0.2) is 0 Å². The smallest absolute Gasteiger partial charge is 0.256 e. The number of hydrogen-bond donors (Lipinski definition) is 1. The van der Waals surface area contributed by atoms with Crippen LogP contribution < -0.4 is 5.32 Å². The average Bonchev–Trinajstić information content (AvgIpc) is 3.36. The lowest BCUT2D eigenvalue weighted by molar-refractivity contribution is 0.102. The topological polar surface area (TPSA) is 77.6 Å². The van der Waals surface area contributed by atoms with Crippen molar-refractivity contribution in [1.29, 1.82) is 0 Å². The Bertz CT molecular complexity index is 815. The molecule has 0 unspecified atom stereocenters. The fourth-order valence-electron chi connectivity index (χ4n) is 3.15. The minimum absolute atomic E-state index is 0.139. The number of carbonyl (C=O) groups is 1. The molecule has 1 aromatic carbocycles. The highest BCUT2D eigenvalue weighted by atomic mass is 16.1. The van der Waals surface area contributed by atoms with Gasteiger partial charge in [-0.3, -0.25) is 4.79 Å². The largest absolute Gasteiger partial charge is 0.307 e. The molecule has 2 heterocycles. The highest BCUT2D eigenvalue weighted by Gasteiger charge is 2.20. The SMILES string of the molecule is O=C(Nc1ccnn1C1CCCC1)c1ccc(-n2cncn2)cc1. The summed E-state index contributed by atoms with van der Waals surface area (Å²) in [6, 6.07) is 9.49. The molecule has 24 heavy (non-hydrogen) atoms. The number of aromatic nitrogens is 5. The first-order valence-corrected chi connectivity index (χ1v) is 8.11. The van der Waals surface area contributed by atoms with E-state index < -0.39 is 0 Å². The number of anilines is 1. The lowest BCUT2D eigenvalue weighted by Crippen LogP contribution is -2.17. The Morgan fingerprint density at radius 1 is 1.08 bits per heavy atom. The summed E-state index contributed by atoms with van der Waals surface area (Å²) in [7, 11) is 0. The minimum atomic E-state index is -0.139. The van der Waals surface area contributed by atoms with Gasteiger partial charge in [0.2, 0.25) is 0 Å². The molecule has 0 bridgehead atoms. The third-order valence-corrected chi connectivity index (χ3v) is 4.40. The molecular weight excluding hydrogens is 304 g/mol. The predicted molar refractivity (Wildman–Crippen MR) is 89.0 cm³/mol. The van der Waals surface area contributed by atoms with Crippen molar-refractivity contribution >= 4 is 11.7 Å². The van der Waals surface area contributed by atoms with E-state index in [0.717, 1.165) is 24.3 Å². The molecule has 0 radical (unpaired) electrons. The van der Waals surface area contributed by atoms with Gasteiger partial charge >= 0.3 is 0 Å². The lowest BCUT2D eigenvalue weighted by Gasteiger charge is -2.14. The number of nitrogens with zero attached hydrogens (tertiary/aromatic N) is 5. The van der Waals surface area contributed by atoms with Crippen LogP contribution in [0.25, 0.3) is 5.69 Å². The van der Waals surface area contributed by atoms with Crippen LogP contribution in [0.4, 0.5) is 5.82 Å².